The van der Waals surface area contributed by atoms with Crippen LogP contribution in [-0.4, -0.2) is 15.0 Å². The molecule has 2 heterocycles. The van der Waals surface area contributed by atoms with E-state index in [0.717, 1.165) is 22.3 Å². The molecule has 0 atom stereocenters. The Bertz CT molecular complexity index is 3180. The highest BCUT2D eigenvalue weighted by molar-refractivity contribution is 6.15. The van der Waals surface area contributed by atoms with Crippen LogP contribution in [0.2, 0.25) is 0 Å². The second-order valence-electron chi connectivity index (χ2n) is 11.2. The molecule has 49 heavy (non-hydrogen) atoms. The van der Waals surface area contributed by atoms with Crippen LogP contribution in [-0.2, 0) is 0 Å². The minimum absolute atomic E-state index is 0.127. The zero-order valence-corrected chi connectivity index (χ0v) is 25.6. The lowest BCUT2D eigenvalue weighted by atomic mass is 9.97. The lowest BCUT2D eigenvalue weighted by Gasteiger charge is -2.11. The standard InChI is InChI=1S/C45H29N3O/c1-4-13-30(14-5-1)32-23-25-34(26-24-32)43-46-44(36-20-12-19-35(29-36)31-15-6-2-7-16-31)48-45(47-43)39-28-27-37(33-17-8-3-9-18-33)41-38-21-10-11-22-40(38)49-42(39)41/h1-29H/i3D,8D,9D,10D,11D,17D,18D,21D,22D,27D,28D. The number of benzene rings is 7. The number of hydrogen-bond donors (Lipinski definition) is 0. The molecule has 0 bridgehead atoms. The molecule has 0 N–H and O–H groups in total. The van der Waals surface area contributed by atoms with Crippen LogP contribution in [0.3, 0.4) is 0 Å². The van der Waals surface area contributed by atoms with Gasteiger partial charge in [0.25, 0.3) is 0 Å². The maximum Gasteiger partial charge on any atom is 0.167 e. The van der Waals surface area contributed by atoms with Gasteiger partial charge in [-0.25, -0.2) is 15.0 Å². The van der Waals surface area contributed by atoms with Crippen LogP contribution >= 0.6 is 0 Å². The molecular formula is C45H29N3O. The van der Waals surface area contributed by atoms with Crippen LogP contribution < -0.4 is 0 Å². The maximum atomic E-state index is 9.51. The van der Waals surface area contributed by atoms with Crippen molar-refractivity contribution in [1.29, 1.82) is 0 Å². The fourth-order valence-electron chi connectivity index (χ4n) is 5.86. The largest absolute Gasteiger partial charge is 0.455 e. The first-order chi connectivity index (χ1) is 28.8. The average molecular weight is 639 g/mol. The number of furan rings is 1. The summed E-state index contributed by atoms with van der Waals surface area (Å²) in [5.41, 5.74) is 3.48. The zero-order valence-electron chi connectivity index (χ0n) is 36.6. The summed E-state index contributed by atoms with van der Waals surface area (Å²) in [5.74, 6) is 0.278. The second kappa shape index (κ2) is 12.2. The summed E-state index contributed by atoms with van der Waals surface area (Å²) < 4.78 is 103. The summed E-state index contributed by atoms with van der Waals surface area (Å²) in [6.07, 6.45) is 0. The van der Waals surface area contributed by atoms with Gasteiger partial charge in [0, 0.05) is 21.9 Å². The van der Waals surface area contributed by atoms with E-state index in [1.54, 1.807) is 0 Å². The molecule has 4 heteroatoms. The van der Waals surface area contributed by atoms with E-state index in [2.05, 4.69) is 0 Å². The highest BCUT2D eigenvalue weighted by Crippen LogP contribution is 2.41. The minimum atomic E-state index is -0.688. The lowest BCUT2D eigenvalue weighted by molar-refractivity contribution is 0.669. The third-order valence-corrected chi connectivity index (χ3v) is 8.21. The Labute approximate surface area is 299 Å². The second-order valence-corrected chi connectivity index (χ2v) is 11.2. The molecule has 0 saturated carbocycles. The molecule has 0 unspecified atom stereocenters. The topological polar surface area (TPSA) is 51.8 Å². The molecule has 9 rings (SSSR count). The third kappa shape index (κ3) is 5.35. The van der Waals surface area contributed by atoms with E-state index < -0.39 is 72.0 Å². The first-order valence-corrected chi connectivity index (χ1v) is 15.5. The molecule has 2 aromatic heterocycles. The molecule has 9 aromatic rings. The molecule has 230 valence electrons. The molecule has 0 aliphatic carbocycles. The quantitative estimate of drug-likeness (QED) is 0.182. The Morgan fingerprint density at radius 1 is 0.408 bits per heavy atom. The molecular weight excluding hydrogens is 599 g/mol. The number of para-hydroxylation sites is 1. The first kappa shape index (κ1) is 19.2. The maximum absolute atomic E-state index is 9.51. The van der Waals surface area contributed by atoms with Gasteiger partial charge in [0.2, 0.25) is 0 Å². The molecule has 0 aliphatic rings. The number of rotatable bonds is 6. The molecule has 0 radical (unpaired) electrons. The van der Waals surface area contributed by atoms with Crippen LogP contribution in [0.15, 0.2) is 180 Å². The predicted molar refractivity (Wildman–Crippen MR) is 200 cm³/mol. The third-order valence-electron chi connectivity index (χ3n) is 8.21. The van der Waals surface area contributed by atoms with Crippen molar-refractivity contribution in [3.05, 3.63) is 176 Å². The van der Waals surface area contributed by atoms with Gasteiger partial charge < -0.3 is 4.42 Å². The Morgan fingerprint density at radius 2 is 0.959 bits per heavy atom. The van der Waals surface area contributed by atoms with Crippen LogP contribution in [0, 0.1) is 0 Å². The SMILES string of the molecule is [2H]c1c([2H])c([2H])c(-c2c([2H])c([2H])c(-c3nc(-c4ccc(-c5ccccc5)cc4)nc(-c4cccc(-c5ccccc5)c4)n3)c3oc4c([2H])c([2H])c([2H])c([2H])c4c23)c([2H])c1[2H]. The van der Waals surface area contributed by atoms with Crippen molar-refractivity contribution in [3.63, 3.8) is 0 Å². The van der Waals surface area contributed by atoms with Gasteiger partial charge >= 0.3 is 0 Å². The molecule has 0 aliphatic heterocycles. The van der Waals surface area contributed by atoms with Gasteiger partial charge in [-0.15, -0.1) is 0 Å². The fourth-order valence-corrected chi connectivity index (χ4v) is 5.86. The lowest BCUT2D eigenvalue weighted by Crippen LogP contribution is -2.00. The van der Waals surface area contributed by atoms with Gasteiger partial charge in [-0.05, 0) is 51.5 Å². The van der Waals surface area contributed by atoms with Crippen LogP contribution in [0.25, 0.3) is 89.5 Å². The summed E-state index contributed by atoms with van der Waals surface area (Å²) in [5, 5.41) is -0.359. The summed E-state index contributed by atoms with van der Waals surface area (Å²) in [4.78, 5) is 14.6. The van der Waals surface area contributed by atoms with Crippen molar-refractivity contribution >= 4 is 21.9 Å². The highest BCUT2D eigenvalue weighted by atomic mass is 16.3. The van der Waals surface area contributed by atoms with E-state index in [0.29, 0.717) is 11.1 Å². The summed E-state index contributed by atoms with van der Waals surface area (Å²) >= 11 is 0. The molecule has 4 nitrogen and oxygen atoms in total. The van der Waals surface area contributed by atoms with E-state index in [-0.39, 0.29) is 50.5 Å². The van der Waals surface area contributed by atoms with Gasteiger partial charge in [0.1, 0.15) is 11.2 Å². The zero-order chi connectivity index (χ0) is 42.1. The van der Waals surface area contributed by atoms with Gasteiger partial charge in [0.05, 0.1) is 20.6 Å². The Morgan fingerprint density at radius 3 is 1.71 bits per heavy atom. The van der Waals surface area contributed by atoms with Gasteiger partial charge in [-0.3, -0.25) is 0 Å². The van der Waals surface area contributed by atoms with Crippen LogP contribution in [0.1, 0.15) is 15.1 Å². The smallest absolute Gasteiger partial charge is 0.167 e. The molecule has 7 aromatic carbocycles. The Hall–Kier alpha value is -6.65. The number of aromatic nitrogens is 3. The summed E-state index contributed by atoms with van der Waals surface area (Å²) in [6.45, 7) is 0. The van der Waals surface area contributed by atoms with Crippen molar-refractivity contribution in [2.45, 2.75) is 0 Å². The van der Waals surface area contributed by atoms with Crippen LogP contribution in [0.5, 0.6) is 0 Å². The van der Waals surface area contributed by atoms with Gasteiger partial charge in [0.15, 0.2) is 17.5 Å². The van der Waals surface area contributed by atoms with Crippen molar-refractivity contribution in [3.8, 4) is 67.5 Å². The van der Waals surface area contributed by atoms with Gasteiger partial charge in [-0.2, -0.15) is 0 Å². The van der Waals surface area contributed by atoms with E-state index in [9.17, 15) is 2.74 Å². The molecule has 0 amide bonds. The molecule has 0 spiro atoms. The highest BCUT2D eigenvalue weighted by Gasteiger charge is 2.21. The molecule has 0 saturated heterocycles. The number of fused-ring (bicyclic) bond motifs is 3. The van der Waals surface area contributed by atoms with E-state index >= 15 is 0 Å². The number of hydrogen-bond acceptors (Lipinski definition) is 4. The normalized spacial score (nSPS) is 14.4. The summed E-state index contributed by atoms with van der Waals surface area (Å²) in [7, 11) is 0. The van der Waals surface area contributed by atoms with Crippen molar-refractivity contribution in [2.24, 2.45) is 0 Å². The van der Waals surface area contributed by atoms with E-state index in [1.165, 1.54) is 0 Å². The van der Waals surface area contributed by atoms with E-state index in [4.69, 9.17) is 31.7 Å². The van der Waals surface area contributed by atoms with E-state index in [1.807, 2.05) is 109 Å². The predicted octanol–water partition coefficient (Wildman–Crippen LogP) is 11.8. The Balaban J connectivity index is 1.38. The van der Waals surface area contributed by atoms with Crippen molar-refractivity contribution in [1.82, 2.24) is 15.0 Å². The van der Waals surface area contributed by atoms with Crippen molar-refractivity contribution in [2.75, 3.05) is 0 Å². The fraction of sp³-hybridized carbons (Fsp3) is 0. The minimum Gasteiger partial charge on any atom is -0.455 e. The summed E-state index contributed by atoms with van der Waals surface area (Å²) in [6, 6.07) is 27.8. The average Bonchev–Trinajstić information content (AvgIpc) is 3.68. The monoisotopic (exact) mass is 638 g/mol. The Kier molecular flexibility index (Phi) is 4.78. The number of nitrogens with zero attached hydrogens (tertiary/aromatic N) is 3. The van der Waals surface area contributed by atoms with Crippen LogP contribution in [0.4, 0.5) is 0 Å². The van der Waals surface area contributed by atoms with Crippen molar-refractivity contribution < 1.29 is 19.5 Å². The molecule has 0 fully saturated rings. The first-order valence-electron chi connectivity index (χ1n) is 21.0. The van der Waals surface area contributed by atoms with Gasteiger partial charge in [-0.1, -0.05) is 158 Å².